The molecular weight excluding hydrogens is 238 g/mol. The zero-order chi connectivity index (χ0) is 13.0. The zero-order valence-corrected chi connectivity index (χ0v) is 9.37. The minimum Gasteiger partial charge on any atom is -0.479 e. The average Bonchev–Trinajstić information content (AvgIpc) is 2.72. The first-order valence-electron chi connectivity index (χ1n) is 5.19. The molecule has 1 aromatic heterocycles. The van der Waals surface area contributed by atoms with Crippen LogP contribution in [0.5, 0.6) is 0 Å². The summed E-state index contributed by atoms with van der Waals surface area (Å²) < 4.78 is 1.65. The van der Waals surface area contributed by atoms with Crippen LogP contribution < -0.4 is 5.48 Å². The lowest BCUT2D eigenvalue weighted by molar-refractivity contribution is -0.149. The van der Waals surface area contributed by atoms with Crippen LogP contribution in [0.1, 0.15) is 0 Å². The van der Waals surface area contributed by atoms with Gasteiger partial charge in [0.15, 0.2) is 6.61 Å². The number of carboxylic acid groups (broad SMARTS) is 1. The number of carboxylic acids is 1. The van der Waals surface area contributed by atoms with Crippen LogP contribution in [0.2, 0.25) is 0 Å². The van der Waals surface area contributed by atoms with Gasteiger partial charge in [-0.3, -0.25) is 9.63 Å². The highest BCUT2D eigenvalue weighted by Gasteiger charge is 2.07. The van der Waals surface area contributed by atoms with Gasteiger partial charge in [0.1, 0.15) is 6.54 Å². The topological polar surface area (TPSA) is 93.5 Å². The van der Waals surface area contributed by atoms with Crippen molar-refractivity contribution in [3.05, 3.63) is 30.6 Å². The number of para-hydroxylation sites is 2. The maximum atomic E-state index is 11.5. The monoisotopic (exact) mass is 249 g/mol. The largest absolute Gasteiger partial charge is 0.479 e. The third-order valence-corrected chi connectivity index (χ3v) is 2.22. The molecule has 2 rings (SSSR count). The molecule has 0 fully saturated rings. The molecular formula is C11H11N3O4. The molecule has 7 nitrogen and oxygen atoms in total. The Bertz CT molecular complexity index is 578. The van der Waals surface area contributed by atoms with Gasteiger partial charge in [-0.1, -0.05) is 12.1 Å². The highest BCUT2D eigenvalue weighted by atomic mass is 16.7. The van der Waals surface area contributed by atoms with Crippen molar-refractivity contribution in [3.63, 3.8) is 0 Å². The Hall–Kier alpha value is -2.41. The van der Waals surface area contributed by atoms with Crippen molar-refractivity contribution < 1.29 is 19.5 Å². The van der Waals surface area contributed by atoms with Gasteiger partial charge in [-0.15, -0.1) is 0 Å². The SMILES string of the molecule is O=C(O)CONC(=O)Cn1cnc2ccccc21. The van der Waals surface area contributed by atoms with Gasteiger partial charge in [0.25, 0.3) is 5.91 Å². The van der Waals surface area contributed by atoms with E-state index in [-0.39, 0.29) is 6.54 Å². The number of benzene rings is 1. The third-order valence-electron chi connectivity index (χ3n) is 2.22. The Balaban J connectivity index is 1.97. The number of fused-ring (bicyclic) bond motifs is 1. The van der Waals surface area contributed by atoms with E-state index in [1.54, 1.807) is 10.9 Å². The standard InChI is InChI=1S/C11H11N3O4/c15-10(13-18-6-11(16)17)5-14-7-12-8-3-1-2-4-9(8)14/h1-4,7H,5-6H2,(H,13,15)(H,16,17). The number of nitrogens with zero attached hydrogens (tertiary/aromatic N) is 2. The lowest BCUT2D eigenvalue weighted by Crippen LogP contribution is -2.29. The number of amides is 1. The van der Waals surface area contributed by atoms with Crippen LogP contribution in [-0.2, 0) is 21.0 Å². The Morgan fingerprint density at radius 2 is 2.17 bits per heavy atom. The van der Waals surface area contributed by atoms with E-state index in [9.17, 15) is 9.59 Å². The number of hydrogen-bond donors (Lipinski definition) is 2. The van der Waals surface area contributed by atoms with Gasteiger partial charge in [0.05, 0.1) is 17.4 Å². The molecule has 0 bridgehead atoms. The molecule has 0 unspecified atom stereocenters. The molecule has 1 aromatic carbocycles. The van der Waals surface area contributed by atoms with E-state index in [0.29, 0.717) is 0 Å². The molecule has 7 heteroatoms. The van der Waals surface area contributed by atoms with Gasteiger partial charge in [0, 0.05) is 0 Å². The summed E-state index contributed by atoms with van der Waals surface area (Å²) in [4.78, 5) is 30.3. The first-order valence-corrected chi connectivity index (χ1v) is 5.19. The maximum Gasteiger partial charge on any atom is 0.332 e. The number of hydroxylamine groups is 1. The van der Waals surface area contributed by atoms with Crippen LogP contribution in [0.4, 0.5) is 0 Å². The van der Waals surface area contributed by atoms with Crippen LogP contribution in [0.25, 0.3) is 11.0 Å². The lowest BCUT2D eigenvalue weighted by atomic mass is 10.3. The molecule has 0 aliphatic heterocycles. The highest BCUT2D eigenvalue weighted by Crippen LogP contribution is 2.11. The molecule has 2 aromatic rings. The van der Waals surface area contributed by atoms with Crippen molar-refractivity contribution in [2.75, 3.05) is 6.61 Å². The normalized spacial score (nSPS) is 10.4. The van der Waals surface area contributed by atoms with E-state index >= 15 is 0 Å². The summed E-state index contributed by atoms with van der Waals surface area (Å²) in [5, 5.41) is 8.33. The molecule has 18 heavy (non-hydrogen) atoms. The Morgan fingerprint density at radius 1 is 1.39 bits per heavy atom. The molecule has 0 atom stereocenters. The molecule has 2 N–H and O–H groups in total. The lowest BCUT2D eigenvalue weighted by Gasteiger charge is -2.05. The van der Waals surface area contributed by atoms with Gasteiger partial charge >= 0.3 is 5.97 Å². The number of carbonyl (C=O) groups excluding carboxylic acids is 1. The van der Waals surface area contributed by atoms with Crippen molar-refractivity contribution in [3.8, 4) is 0 Å². The smallest absolute Gasteiger partial charge is 0.332 e. The van der Waals surface area contributed by atoms with Gasteiger partial charge in [-0.25, -0.2) is 15.3 Å². The fourth-order valence-electron chi connectivity index (χ4n) is 1.50. The molecule has 0 spiro atoms. The maximum absolute atomic E-state index is 11.5. The van der Waals surface area contributed by atoms with E-state index in [0.717, 1.165) is 11.0 Å². The van der Waals surface area contributed by atoms with Crippen LogP contribution in [-0.4, -0.2) is 33.1 Å². The number of hydrogen-bond acceptors (Lipinski definition) is 4. The summed E-state index contributed by atoms with van der Waals surface area (Å²) in [6.07, 6.45) is 1.54. The predicted molar refractivity (Wildman–Crippen MR) is 61.5 cm³/mol. The van der Waals surface area contributed by atoms with E-state index < -0.39 is 18.5 Å². The number of carbonyl (C=O) groups is 2. The molecule has 0 saturated carbocycles. The quantitative estimate of drug-likeness (QED) is 0.737. The second-order valence-corrected chi connectivity index (χ2v) is 3.57. The Labute approximate surface area is 102 Å². The van der Waals surface area contributed by atoms with Crippen molar-refractivity contribution in [2.24, 2.45) is 0 Å². The van der Waals surface area contributed by atoms with Gasteiger partial charge < -0.3 is 9.67 Å². The Kier molecular flexibility index (Phi) is 3.54. The summed E-state index contributed by atoms with van der Waals surface area (Å²) in [5.74, 6) is -1.59. The van der Waals surface area contributed by atoms with E-state index in [4.69, 9.17) is 5.11 Å². The van der Waals surface area contributed by atoms with Crippen LogP contribution >= 0.6 is 0 Å². The first-order chi connectivity index (χ1) is 8.66. The summed E-state index contributed by atoms with van der Waals surface area (Å²) in [6, 6.07) is 7.38. The second-order valence-electron chi connectivity index (χ2n) is 3.57. The summed E-state index contributed by atoms with van der Waals surface area (Å²) in [6.45, 7) is -0.559. The van der Waals surface area contributed by atoms with Crippen LogP contribution in [0, 0.1) is 0 Å². The number of aromatic nitrogens is 2. The van der Waals surface area contributed by atoms with Crippen molar-refractivity contribution in [1.29, 1.82) is 0 Å². The van der Waals surface area contributed by atoms with Crippen LogP contribution in [0.15, 0.2) is 30.6 Å². The molecule has 0 saturated heterocycles. The number of imidazole rings is 1. The van der Waals surface area contributed by atoms with Crippen molar-refractivity contribution >= 4 is 22.9 Å². The number of rotatable bonds is 5. The second kappa shape index (κ2) is 5.28. The van der Waals surface area contributed by atoms with E-state index in [2.05, 4.69) is 9.82 Å². The molecule has 0 radical (unpaired) electrons. The molecule has 0 aliphatic carbocycles. The molecule has 1 amide bonds. The van der Waals surface area contributed by atoms with Gasteiger partial charge in [-0.05, 0) is 12.1 Å². The van der Waals surface area contributed by atoms with E-state index in [1.807, 2.05) is 29.7 Å². The number of nitrogens with one attached hydrogen (secondary N) is 1. The first kappa shape index (κ1) is 12.1. The summed E-state index contributed by atoms with van der Waals surface area (Å²) in [7, 11) is 0. The van der Waals surface area contributed by atoms with Gasteiger partial charge in [0.2, 0.25) is 0 Å². The third kappa shape index (κ3) is 2.83. The van der Waals surface area contributed by atoms with Crippen molar-refractivity contribution in [2.45, 2.75) is 6.54 Å². The predicted octanol–water partition coefficient (Wildman–Crippen LogP) is 0.169. The highest BCUT2D eigenvalue weighted by molar-refractivity contribution is 5.80. The zero-order valence-electron chi connectivity index (χ0n) is 9.37. The minimum atomic E-state index is -1.15. The van der Waals surface area contributed by atoms with E-state index in [1.165, 1.54) is 0 Å². The molecule has 0 aliphatic rings. The Morgan fingerprint density at radius 3 is 2.94 bits per heavy atom. The minimum absolute atomic E-state index is 0.0140. The van der Waals surface area contributed by atoms with Crippen molar-refractivity contribution in [1.82, 2.24) is 15.0 Å². The molecule has 1 heterocycles. The molecule has 94 valence electrons. The summed E-state index contributed by atoms with van der Waals surface area (Å²) in [5.41, 5.74) is 3.66. The summed E-state index contributed by atoms with van der Waals surface area (Å²) >= 11 is 0. The fraction of sp³-hybridized carbons (Fsp3) is 0.182. The average molecular weight is 249 g/mol. The fourth-order valence-corrected chi connectivity index (χ4v) is 1.50. The van der Waals surface area contributed by atoms with Crippen LogP contribution in [0.3, 0.4) is 0 Å². The number of aliphatic carboxylic acids is 1. The van der Waals surface area contributed by atoms with Gasteiger partial charge in [-0.2, -0.15) is 0 Å².